The molecule has 0 aliphatic carbocycles. The fourth-order valence-corrected chi connectivity index (χ4v) is 2.40. The van der Waals surface area contributed by atoms with Crippen molar-refractivity contribution in [3.05, 3.63) is 63.9 Å². The van der Waals surface area contributed by atoms with Gasteiger partial charge in [0, 0.05) is 6.04 Å². The van der Waals surface area contributed by atoms with Gasteiger partial charge in [-0.05, 0) is 42.2 Å². The standard InChI is InChI=1S/C16H17ClFNO/c1-10-8-11(6-7-15(10)20-2)14(19)9-12-4-3-5-13(18)16(12)17/h3-8,14H,9,19H2,1-2H3. The molecule has 2 nitrogen and oxygen atoms in total. The molecule has 0 saturated heterocycles. The van der Waals surface area contributed by atoms with Crippen molar-refractivity contribution >= 4 is 11.6 Å². The maximum absolute atomic E-state index is 13.4. The minimum atomic E-state index is -0.415. The van der Waals surface area contributed by atoms with E-state index in [4.69, 9.17) is 22.1 Å². The number of ether oxygens (including phenoxy) is 1. The lowest BCUT2D eigenvalue weighted by Gasteiger charge is -2.15. The Labute approximate surface area is 123 Å². The Bertz CT molecular complexity index is 615. The number of rotatable bonds is 4. The summed E-state index contributed by atoms with van der Waals surface area (Å²) in [6.07, 6.45) is 0.488. The minimum absolute atomic E-state index is 0.146. The van der Waals surface area contributed by atoms with Crippen LogP contribution in [0.25, 0.3) is 0 Å². The van der Waals surface area contributed by atoms with Gasteiger partial charge in [0.25, 0.3) is 0 Å². The Balaban J connectivity index is 2.21. The molecule has 0 heterocycles. The Morgan fingerprint density at radius 2 is 2.05 bits per heavy atom. The molecule has 0 fully saturated rings. The number of methoxy groups -OCH3 is 1. The molecule has 0 bridgehead atoms. The summed E-state index contributed by atoms with van der Waals surface area (Å²) in [5.41, 5.74) is 8.89. The molecule has 1 atom stereocenters. The normalized spacial score (nSPS) is 12.2. The lowest BCUT2D eigenvalue weighted by molar-refractivity contribution is 0.411. The highest BCUT2D eigenvalue weighted by molar-refractivity contribution is 6.31. The molecule has 0 aliphatic rings. The predicted octanol–water partition coefficient (Wildman–Crippen LogP) is 4.04. The zero-order valence-electron chi connectivity index (χ0n) is 11.5. The van der Waals surface area contributed by atoms with Gasteiger partial charge < -0.3 is 10.5 Å². The maximum Gasteiger partial charge on any atom is 0.142 e. The van der Waals surface area contributed by atoms with Crippen LogP contribution >= 0.6 is 11.6 Å². The molecule has 0 spiro atoms. The van der Waals surface area contributed by atoms with Crippen molar-refractivity contribution < 1.29 is 9.13 Å². The smallest absolute Gasteiger partial charge is 0.142 e. The predicted molar refractivity (Wildman–Crippen MR) is 79.8 cm³/mol. The van der Waals surface area contributed by atoms with Crippen molar-refractivity contribution in [3.63, 3.8) is 0 Å². The van der Waals surface area contributed by atoms with E-state index in [1.807, 2.05) is 25.1 Å². The summed E-state index contributed by atoms with van der Waals surface area (Å²) >= 11 is 5.95. The van der Waals surface area contributed by atoms with E-state index < -0.39 is 5.82 Å². The van der Waals surface area contributed by atoms with Crippen LogP contribution in [0.15, 0.2) is 36.4 Å². The first-order chi connectivity index (χ1) is 9.52. The molecule has 20 heavy (non-hydrogen) atoms. The molecule has 2 aromatic rings. The highest BCUT2D eigenvalue weighted by Crippen LogP contribution is 2.27. The number of hydrogen-bond acceptors (Lipinski definition) is 2. The number of benzene rings is 2. The third kappa shape index (κ3) is 3.11. The largest absolute Gasteiger partial charge is 0.496 e. The van der Waals surface area contributed by atoms with Crippen molar-refractivity contribution in [1.82, 2.24) is 0 Å². The Morgan fingerprint density at radius 3 is 2.70 bits per heavy atom. The summed E-state index contributed by atoms with van der Waals surface area (Å²) in [5, 5.41) is 0.146. The summed E-state index contributed by atoms with van der Waals surface area (Å²) in [6, 6.07) is 10.3. The fourth-order valence-electron chi connectivity index (χ4n) is 2.19. The van der Waals surface area contributed by atoms with Gasteiger partial charge in [-0.3, -0.25) is 0 Å². The first-order valence-electron chi connectivity index (χ1n) is 6.36. The van der Waals surface area contributed by atoms with Crippen LogP contribution in [0.4, 0.5) is 4.39 Å². The third-order valence-electron chi connectivity index (χ3n) is 3.32. The van der Waals surface area contributed by atoms with E-state index in [1.54, 1.807) is 19.2 Å². The lowest BCUT2D eigenvalue weighted by Crippen LogP contribution is -2.14. The molecular weight excluding hydrogens is 277 g/mol. The SMILES string of the molecule is COc1ccc(C(N)Cc2cccc(F)c2Cl)cc1C. The van der Waals surface area contributed by atoms with E-state index in [-0.39, 0.29) is 11.1 Å². The first kappa shape index (κ1) is 14.8. The molecule has 1 unspecified atom stereocenters. The zero-order valence-corrected chi connectivity index (χ0v) is 12.2. The number of aryl methyl sites for hydroxylation is 1. The Hall–Kier alpha value is -1.58. The van der Waals surface area contributed by atoms with E-state index in [0.717, 1.165) is 16.9 Å². The van der Waals surface area contributed by atoms with Crippen molar-refractivity contribution in [2.75, 3.05) is 7.11 Å². The van der Waals surface area contributed by atoms with Crippen molar-refractivity contribution in [2.45, 2.75) is 19.4 Å². The van der Waals surface area contributed by atoms with Crippen LogP contribution in [-0.4, -0.2) is 7.11 Å². The van der Waals surface area contributed by atoms with Crippen LogP contribution in [0.5, 0.6) is 5.75 Å². The van der Waals surface area contributed by atoms with Crippen LogP contribution in [0.2, 0.25) is 5.02 Å². The second-order valence-corrected chi connectivity index (χ2v) is 5.13. The highest BCUT2D eigenvalue weighted by Gasteiger charge is 2.13. The zero-order chi connectivity index (χ0) is 14.7. The van der Waals surface area contributed by atoms with E-state index in [9.17, 15) is 4.39 Å². The van der Waals surface area contributed by atoms with Crippen LogP contribution in [0.3, 0.4) is 0 Å². The van der Waals surface area contributed by atoms with E-state index in [1.165, 1.54) is 6.07 Å². The van der Waals surface area contributed by atoms with Crippen molar-refractivity contribution in [1.29, 1.82) is 0 Å². The summed E-state index contributed by atoms with van der Waals surface area (Å²) in [6.45, 7) is 1.96. The van der Waals surface area contributed by atoms with E-state index in [0.29, 0.717) is 12.0 Å². The van der Waals surface area contributed by atoms with Crippen LogP contribution in [0, 0.1) is 12.7 Å². The quantitative estimate of drug-likeness (QED) is 0.923. The molecule has 4 heteroatoms. The summed E-state index contributed by atoms with van der Waals surface area (Å²) < 4.78 is 18.6. The second-order valence-electron chi connectivity index (χ2n) is 4.75. The topological polar surface area (TPSA) is 35.2 Å². The van der Waals surface area contributed by atoms with Gasteiger partial charge in [-0.15, -0.1) is 0 Å². The van der Waals surface area contributed by atoms with Gasteiger partial charge in [-0.25, -0.2) is 4.39 Å². The molecule has 0 radical (unpaired) electrons. The van der Waals surface area contributed by atoms with Crippen LogP contribution in [-0.2, 0) is 6.42 Å². The molecule has 0 amide bonds. The van der Waals surface area contributed by atoms with Gasteiger partial charge in [0.15, 0.2) is 0 Å². The molecule has 2 N–H and O–H groups in total. The highest BCUT2D eigenvalue weighted by atomic mass is 35.5. The van der Waals surface area contributed by atoms with Gasteiger partial charge in [0.05, 0.1) is 12.1 Å². The van der Waals surface area contributed by atoms with Crippen molar-refractivity contribution in [2.24, 2.45) is 5.73 Å². The van der Waals surface area contributed by atoms with Gasteiger partial charge in [-0.1, -0.05) is 35.9 Å². The molecule has 2 rings (SSSR count). The molecular formula is C16H17ClFNO. The fraction of sp³-hybridized carbons (Fsp3) is 0.250. The summed E-state index contributed by atoms with van der Waals surface area (Å²) in [4.78, 5) is 0. The average Bonchev–Trinajstić information content (AvgIpc) is 2.43. The molecule has 0 aliphatic heterocycles. The molecule has 2 aromatic carbocycles. The second kappa shape index (κ2) is 6.25. The first-order valence-corrected chi connectivity index (χ1v) is 6.73. The number of halogens is 2. The molecule has 0 aromatic heterocycles. The Morgan fingerprint density at radius 1 is 1.30 bits per heavy atom. The number of hydrogen-bond donors (Lipinski definition) is 1. The Kier molecular flexibility index (Phi) is 4.63. The molecule has 106 valence electrons. The minimum Gasteiger partial charge on any atom is -0.496 e. The third-order valence-corrected chi connectivity index (χ3v) is 3.74. The van der Waals surface area contributed by atoms with Gasteiger partial charge in [0.2, 0.25) is 0 Å². The van der Waals surface area contributed by atoms with E-state index in [2.05, 4.69) is 0 Å². The van der Waals surface area contributed by atoms with Crippen molar-refractivity contribution in [3.8, 4) is 5.75 Å². The summed E-state index contributed by atoms with van der Waals surface area (Å²) in [5.74, 6) is 0.409. The van der Waals surface area contributed by atoms with Gasteiger partial charge >= 0.3 is 0 Å². The molecule has 0 saturated carbocycles. The lowest BCUT2D eigenvalue weighted by atomic mass is 9.98. The van der Waals surface area contributed by atoms with Crippen LogP contribution < -0.4 is 10.5 Å². The van der Waals surface area contributed by atoms with Crippen LogP contribution in [0.1, 0.15) is 22.7 Å². The monoisotopic (exact) mass is 293 g/mol. The van der Waals surface area contributed by atoms with E-state index >= 15 is 0 Å². The maximum atomic E-state index is 13.4. The average molecular weight is 294 g/mol. The van der Waals surface area contributed by atoms with Gasteiger partial charge in [-0.2, -0.15) is 0 Å². The number of nitrogens with two attached hydrogens (primary N) is 1. The van der Waals surface area contributed by atoms with Gasteiger partial charge in [0.1, 0.15) is 11.6 Å². The summed E-state index contributed by atoms with van der Waals surface area (Å²) in [7, 11) is 1.63.